The van der Waals surface area contributed by atoms with Crippen molar-refractivity contribution in [2.24, 2.45) is 5.73 Å². The van der Waals surface area contributed by atoms with Crippen molar-refractivity contribution in [1.29, 1.82) is 0 Å². The number of rotatable bonds is 4. The van der Waals surface area contributed by atoms with Crippen molar-refractivity contribution >= 4 is 11.8 Å². The number of halogens is 1. The van der Waals surface area contributed by atoms with Crippen LogP contribution < -0.4 is 5.73 Å². The molecule has 2 N–H and O–H groups in total. The molecule has 0 saturated carbocycles. The van der Waals surface area contributed by atoms with Crippen molar-refractivity contribution in [3.05, 3.63) is 65.5 Å². The standard InChI is InChI=1S/C15H16FNS/c1-11-5-2-3-8-14(11)15(10-17)18-13-7-4-6-12(16)9-13/h2-9,15H,10,17H2,1H3. The van der Waals surface area contributed by atoms with Crippen LogP contribution in [0, 0.1) is 12.7 Å². The largest absolute Gasteiger partial charge is 0.329 e. The normalized spacial score (nSPS) is 12.4. The van der Waals surface area contributed by atoms with Gasteiger partial charge in [0.2, 0.25) is 0 Å². The first-order chi connectivity index (χ1) is 8.70. The Hall–Kier alpha value is -1.32. The minimum absolute atomic E-state index is 0.160. The fourth-order valence-electron chi connectivity index (χ4n) is 1.89. The third-order valence-electron chi connectivity index (χ3n) is 2.82. The lowest BCUT2D eigenvalue weighted by atomic mass is 10.1. The summed E-state index contributed by atoms with van der Waals surface area (Å²) in [6, 6.07) is 14.8. The number of hydrogen-bond donors (Lipinski definition) is 1. The average Bonchev–Trinajstić information content (AvgIpc) is 2.37. The predicted molar refractivity (Wildman–Crippen MR) is 75.2 cm³/mol. The zero-order valence-electron chi connectivity index (χ0n) is 10.3. The summed E-state index contributed by atoms with van der Waals surface area (Å²) in [4.78, 5) is 0.911. The van der Waals surface area contributed by atoms with E-state index in [1.54, 1.807) is 23.9 Å². The lowest BCUT2D eigenvalue weighted by Gasteiger charge is -2.17. The SMILES string of the molecule is Cc1ccccc1C(CN)Sc1cccc(F)c1. The topological polar surface area (TPSA) is 26.0 Å². The predicted octanol–water partition coefficient (Wildman–Crippen LogP) is 3.93. The molecule has 2 rings (SSSR count). The molecule has 0 radical (unpaired) electrons. The summed E-state index contributed by atoms with van der Waals surface area (Å²) in [6.07, 6.45) is 0. The maximum absolute atomic E-state index is 13.2. The van der Waals surface area contributed by atoms with Gasteiger partial charge >= 0.3 is 0 Å². The van der Waals surface area contributed by atoms with Crippen LogP contribution in [0.5, 0.6) is 0 Å². The van der Waals surface area contributed by atoms with Crippen molar-refractivity contribution in [2.45, 2.75) is 17.1 Å². The highest BCUT2D eigenvalue weighted by Gasteiger charge is 2.13. The lowest BCUT2D eigenvalue weighted by molar-refractivity contribution is 0.624. The van der Waals surface area contributed by atoms with Crippen LogP contribution in [-0.2, 0) is 0 Å². The molecule has 1 atom stereocenters. The van der Waals surface area contributed by atoms with Gasteiger partial charge in [-0.25, -0.2) is 4.39 Å². The van der Waals surface area contributed by atoms with E-state index < -0.39 is 0 Å². The van der Waals surface area contributed by atoms with Gasteiger partial charge in [-0.2, -0.15) is 0 Å². The molecule has 0 fully saturated rings. The number of hydrogen-bond acceptors (Lipinski definition) is 2. The molecule has 0 aromatic heterocycles. The van der Waals surface area contributed by atoms with E-state index >= 15 is 0 Å². The second-order valence-corrected chi connectivity index (χ2v) is 5.43. The molecule has 0 aliphatic heterocycles. The van der Waals surface area contributed by atoms with Crippen LogP contribution in [0.15, 0.2) is 53.4 Å². The minimum atomic E-state index is -0.208. The Morgan fingerprint density at radius 3 is 2.61 bits per heavy atom. The average molecular weight is 261 g/mol. The van der Waals surface area contributed by atoms with Gasteiger partial charge in [-0.1, -0.05) is 30.3 Å². The molecule has 0 aliphatic carbocycles. The summed E-state index contributed by atoms with van der Waals surface area (Å²) in [5.41, 5.74) is 8.28. The molecule has 2 aromatic rings. The van der Waals surface area contributed by atoms with Gasteiger partial charge in [0.1, 0.15) is 5.82 Å². The molecule has 0 amide bonds. The number of benzene rings is 2. The Morgan fingerprint density at radius 2 is 1.94 bits per heavy atom. The van der Waals surface area contributed by atoms with E-state index in [1.807, 2.05) is 18.2 Å². The summed E-state index contributed by atoms with van der Waals surface area (Å²) in [5, 5.41) is 0.160. The van der Waals surface area contributed by atoms with Gasteiger partial charge < -0.3 is 5.73 Å². The van der Waals surface area contributed by atoms with Crippen LogP contribution in [0.25, 0.3) is 0 Å². The van der Waals surface area contributed by atoms with Gasteiger partial charge in [-0.05, 0) is 36.2 Å². The molecule has 1 unspecified atom stereocenters. The first-order valence-corrected chi connectivity index (χ1v) is 6.76. The van der Waals surface area contributed by atoms with E-state index in [1.165, 1.54) is 17.2 Å². The molecule has 94 valence electrons. The van der Waals surface area contributed by atoms with Crippen molar-refractivity contribution < 1.29 is 4.39 Å². The van der Waals surface area contributed by atoms with E-state index in [4.69, 9.17) is 5.73 Å². The molecule has 18 heavy (non-hydrogen) atoms. The second-order valence-electron chi connectivity index (χ2n) is 4.16. The summed E-state index contributed by atoms with van der Waals surface area (Å²) in [6.45, 7) is 2.61. The highest BCUT2D eigenvalue weighted by molar-refractivity contribution is 7.99. The molecular formula is C15H16FNS. The van der Waals surface area contributed by atoms with Gasteiger partial charge in [-0.15, -0.1) is 11.8 Å². The Labute approximate surface area is 111 Å². The van der Waals surface area contributed by atoms with Crippen LogP contribution in [0.4, 0.5) is 4.39 Å². The monoisotopic (exact) mass is 261 g/mol. The van der Waals surface area contributed by atoms with E-state index in [-0.39, 0.29) is 11.1 Å². The molecule has 0 saturated heterocycles. The molecule has 0 aliphatic rings. The maximum Gasteiger partial charge on any atom is 0.124 e. The summed E-state index contributed by atoms with van der Waals surface area (Å²) in [7, 11) is 0. The van der Waals surface area contributed by atoms with E-state index in [2.05, 4.69) is 19.1 Å². The van der Waals surface area contributed by atoms with Crippen molar-refractivity contribution in [3.8, 4) is 0 Å². The van der Waals surface area contributed by atoms with Crippen LogP contribution in [0.2, 0.25) is 0 Å². The van der Waals surface area contributed by atoms with Crippen molar-refractivity contribution in [1.82, 2.24) is 0 Å². The van der Waals surface area contributed by atoms with Gasteiger partial charge in [0.15, 0.2) is 0 Å². The fourth-order valence-corrected chi connectivity index (χ4v) is 3.05. The summed E-state index contributed by atoms with van der Waals surface area (Å²) >= 11 is 1.61. The van der Waals surface area contributed by atoms with Crippen LogP contribution in [0.3, 0.4) is 0 Å². The first-order valence-electron chi connectivity index (χ1n) is 5.88. The maximum atomic E-state index is 13.2. The minimum Gasteiger partial charge on any atom is -0.329 e. The smallest absolute Gasteiger partial charge is 0.124 e. The lowest BCUT2D eigenvalue weighted by Crippen LogP contribution is -2.10. The molecule has 0 bridgehead atoms. The summed E-state index contributed by atoms with van der Waals surface area (Å²) in [5.74, 6) is -0.208. The Bertz CT molecular complexity index is 527. The molecule has 3 heteroatoms. The molecule has 2 aromatic carbocycles. The van der Waals surface area contributed by atoms with Crippen molar-refractivity contribution in [3.63, 3.8) is 0 Å². The highest BCUT2D eigenvalue weighted by Crippen LogP contribution is 2.35. The quantitative estimate of drug-likeness (QED) is 0.844. The zero-order chi connectivity index (χ0) is 13.0. The Kier molecular flexibility index (Phi) is 4.39. The van der Waals surface area contributed by atoms with Gasteiger partial charge in [-0.3, -0.25) is 0 Å². The molecule has 1 nitrogen and oxygen atoms in total. The Balaban J connectivity index is 2.23. The van der Waals surface area contributed by atoms with Gasteiger partial charge in [0.25, 0.3) is 0 Å². The third-order valence-corrected chi connectivity index (χ3v) is 4.08. The molecular weight excluding hydrogens is 245 g/mol. The fraction of sp³-hybridized carbons (Fsp3) is 0.200. The van der Waals surface area contributed by atoms with E-state index in [0.717, 1.165) is 4.90 Å². The van der Waals surface area contributed by atoms with Crippen LogP contribution >= 0.6 is 11.8 Å². The van der Waals surface area contributed by atoms with Gasteiger partial charge in [0, 0.05) is 16.7 Å². The Morgan fingerprint density at radius 1 is 1.17 bits per heavy atom. The number of aryl methyl sites for hydroxylation is 1. The molecule has 0 heterocycles. The second kappa shape index (κ2) is 6.03. The van der Waals surface area contributed by atoms with Gasteiger partial charge in [0.05, 0.1) is 0 Å². The number of nitrogens with two attached hydrogens (primary N) is 1. The van der Waals surface area contributed by atoms with Crippen molar-refractivity contribution in [2.75, 3.05) is 6.54 Å². The van der Waals surface area contributed by atoms with E-state index in [0.29, 0.717) is 6.54 Å². The van der Waals surface area contributed by atoms with E-state index in [9.17, 15) is 4.39 Å². The third kappa shape index (κ3) is 3.12. The number of thioether (sulfide) groups is 1. The highest BCUT2D eigenvalue weighted by atomic mass is 32.2. The first kappa shape index (κ1) is 13.1. The summed E-state index contributed by atoms with van der Waals surface area (Å²) < 4.78 is 13.2. The molecule has 0 spiro atoms. The van der Waals surface area contributed by atoms with Crippen LogP contribution in [-0.4, -0.2) is 6.54 Å². The zero-order valence-corrected chi connectivity index (χ0v) is 11.1. The van der Waals surface area contributed by atoms with Crippen LogP contribution in [0.1, 0.15) is 16.4 Å².